The van der Waals surface area contributed by atoms with Gasteiger partial charge in [-0.15, -0.1) is 0 Å². The average Bonchev–Trinajstić information content (AvgIpc) is 2.56. The second kappa shape index (κ2) is 6.82. The van der Waals surface area contributed by atoms with Crippen LogP contribution < -0.4 is 9.64 Å². The van der Waals surface area contributed by atoms with E-state index in [9.17, 15) is 4.39 Å². The van der Waals surface area contributed by atoms with Crippen LogP contribution in [0.5, 0.6) is 5.75 Å². The Morgan fingerprint density at radius 1 is 1.09 bits per heavy atom. The monoisotopic (exact) mass is 299 g/mol. The minimum atomic E-state index is -0.286. The van der Waals surface area contributed by atoms with Gasteiger partial charge in [0.1, 0.15) is 0 Å². The molecule has 0 aliphatic carbocycles. The molecule has 2 aromatic carbocycles. The molecule has 3 rings (SSSR count). The maximum absolute atomic E-state index is 13.8. The molecule has 0 saturated carbocycles. The minimum absolute atomic E-state index is 0.286. The van der Waals surface area contributed by atoms with Crippen LogP contribution >= 0.6 is 0 Å². The Labute approximate surface area is 131 Å². The van der Waals surface area contributed by atoms with Crippen LogP contribution in [0.1, 0.15) is 18.4 Å². The molecule has 1 aliphatic rings. The smallest absolute Gasteiger partial charge is 0.167 e. The fourth-order valence-corrected chi connectivity index (χ4v) is 3.19. The Kier molecular flexibility index (Phi) is 4.62. The number of rotatable bonds is 4. The zero-order valence-corrected chi connectivity index (χ0v) is 13.0. The van der Waals surface area contributed by atoms with Gasteiger partial charge < -0.3 is 9.64 Å². The van der Waals surface area contributed by atoms with Crippen molar-refractivity contribution >= 4 is 5.69 Å². The summed E-state index contributed by atoms with van der Waals surface area (Å²) in [6.45, 7) is 1.98. The van der Waals surface area contributed by atoms with Crippen LogP contribution in [0, 0.1) is 11.7 Å². The first-order valence-corrected chi connectivity index (χ1v) is 7.88. The lowest BCUT2D eigenvalue weighted by Crippen LogP contribution is -2.34. The molecule has 0 amide bonds. The zero-order chi connectivity index (χ0) is 15.4. The van der Waals surface area contributed by atoms with E-state index in [0.717, 1.165) is 44.0 Å². The standard InChI is InChI=1S/C19H22FNO/c1-22-19-8-7-17(14-18(19)20)21-11-9-16(10-12-21)13-15-5-3-2-4-6-15/h2-8,14,16H,9-13H2,1H3. The van der Waals surface area contributed by atoms with Crippen molar-refractivity contribution in [2.45, 2.75) is 19.3 Å². The van der Waals surface area contributed by atoms with Crippen LogP contribution in [-0.4, -0.2) is 20.2 Å². The molecule has 1 aliphatic heterocycles. The number of ether oxygens (including phenoxy) is 1. The van der Waals surface area contributed by atoms with E-state index in [-0.39, 0.29) is 5.82 Å². The van der Waals surface area contributed by atoms with Crippen molar-refractivity contribution in [1.29, 1.82) is 0 Å². The van der Waals surface area contributed by atoms with E-state index in [1.807, 2.05) is 6.07 Å². The Bertz CT molecular complexity index is 606. The van der Waals surface area contributed by atoms with Gasteiger partial charge in [0, 0.05) is 24.8 Å². The largest absolute Gasteiger partial charge is 0.494 e. The summed E-state index contributed by atoms with van der Waals surface area (Å²) in [5.41, 5.74) is 2.37. The van der Waals surface area contributed by atoms with Crippen LogP contribution in [0.3, 0.4) is 0 Å². The van der Waals surface area contributed by atoms with Gasteiger partial charge in [0.2, 0.25) is 0 Å². The van der Waals surface area contributed by atoms with Crippen molar-refractivity contribution in [3.63, 3.8) is 0 Å². The number of hydrogen-bond acceptors (Lipinski definition) is 2. The molecule has 116 valence electrons. The number of anilines is 1. The van der Waals surface area contributed by atoms with Gasteiger partial charge in [0.15, 0.2) is 11.6 Å². The van der Waals surface area contributed by atoms with Crippen LogP contribution in [0.2, 0.25) is 0 Å². The maximum atomic E-state index is 13.8. The molecule has 2 aromatic rings. The summed E-state index contributed by atoms with van der Waals surface area (Å²) in [4.78, 5) is 2.27. The molecule has 3 heteroatoms. The summed E-state index contributed by atoms with van der Waals surface area (Å²) in [5, 5.41) is 0. The van der Waals surface area contributed by atoms with Gasteiger partial charge in [-0.05, 0) is 42.9 Å². The lowest BCUT2D eigenvalue weighted by Gasteiger charge is -2.33. The van der Waals surface area contributed by atoms with Crippen LogP contribution in [-0.2, 0) is 6.42 Å². The molecule has 0 bridgehead atoms. The van der Waals surface area contributed by atoms with Crippen molar-refractivity contribution < 1.29 is 9.13 Å². The highest BCUT2D eigenvalue weighted by molar-refractivity contribution is 5.50. The molecule has 0 N–H and O–H groups in total. The first-order valence-electron chi connectivity index (χ1n) is 7.88. The quantitative estimate of drug-likeness (QED) is 0.835. The second-order valence-corrected chi connectivity index (χ2v) is 5.94. The molecule has 1 fully saturated rings. The summed E-state index contributed by atoms with van der Waals surface area (Å²) in [6, 6.07) is 15.9. The van der Waals surface area contributed by atoms with Gasteiger partial charge in [0.05, 0.1) is 7.11 Å². The van der Waals surface area contributed by atoms with E-state index in [1.54, 1.807) is 12.1 Å². The van der Waals surface area contributed by atoms with E-state index >= 15 is 0 Å². The molecule has 22 heavy (non-hydrogen) atoms. The lowest BCUT2D eigenvalue weighted by molar-refractivity contribution is 0.385. The van der Waals surface area contributed by atoms with Crippen LogP contribution in [0.25, 0.3) is 0 Å². The van der Waals surface area contributed by atoms with Gasteiger partial charge in [0.25, 0.3) is 0 Å². The summed E-state index contributed by atoms with van der Waals surface area (Å²) >= 11 is 0. The van der Waals surface area contributed by atoms with E-state index in [1.165, 1.54) is 12.7 Å². The topological polar surface area (TPSA) is 12.5 Å². The first kappa shape index (κ1) is 14.9. The normalized spacial score (nSPS) is 15.8. The third kappa shape index (κ3) is 3.41. The third-order valence-electron chi connectivity index (χ3n) is 4.48. The highest BCUT2D eigenvalue weighted by Gasteiger charge is 2.20. The Morgan fingerprint density at radius 2 is 1.82 bits per heavy atom. The van der Waals surface area contributed by atoms with E-state index in [0.29, 0.717) is 5.75 Å². The van der Waals surface area contributed by atoms with E-state index in [2.05, 4.69) is 35.2 Å². The molecule has 0 spiro atoms. The second-order valence-electron chi connectivity index (χ2n) is 5.94. The highest BCUT2D eigenvalue weighted by atomic mass is 19.1. The minimum Gasteiger partial charge on any atom is -0.494 e. The van der Waals surface area contributed by atoms with Crippen LogP contribution in [0.4, 0.5) is 10.1 Å². The highest BCUT2D eigenvalue weighted by Crippen LogP contribution is 2.28. The molecule has 0 aromatic heterocycles. The third-order valence-corrected chi connectivity index (χ3v) is 4.48. The average molecular weight is 299 g/mol. The van der Waals surface area contributed by atoms with Crippen molar-refractivity contribution in [3.05, 3.63) is 59.9 Å². The van der Waals surface area contributed by atoms with E-state index < -0.39 is 0 Å². The predicted molar refractivity (Wildman–Crippen MR) is 88.0 cm³/mol. The van der Waals surface area contributed by atoms with Gasteiger partial charge >= 0.3 is 0 Å². The fourth-order valence-electron chi connectivity index (χ4n) is 3.19. The summed E-state index contributed by atoms with van der Waals surface area (Å²) in [6.07, 6.45) is 3.46. The molecule has 0 unspecified atom stereocenters. The van der Waals surface area contributed by atoms with Crippen molar-refractivity contribution in [3.8, 4) is 5.75 Å². The van der Waals surface area contributed by atoms with Crippen molar-refractivity contribution in [2.24, 2.45) is 5.92 Å². The van der Waals surface area contributed by atoms with Crippen molar-refractivity contribution in [1.82, 2.24) is 0 Å². The molecule has 0 atom stereocenters. The molecule has 2 nitrogen and oxygen atoms in total. The summed E-state index contributed by atoms with van der Waals surface area (Å²) < 4.78 is 18.8. The number of nitrogens with zero attached hydrogens (tertiary/aromatic N) is 1. The fraction of sp³-hybridized carbons (Fsp3) is 0.368. The van der Waals surface area contributed by atoms with Gasteiger partial charge in [-0.25, -0.2) is 4.39 Å². The van der Waals surface area contributed by atoms with Crippen molar-refractivity contribution in [2.75, 3.05) is 25.1 Å². The number of halogens is 1. The maximum Gasteiger partial charge on any atom is 0.167 e. The van der Waals surface area contributed by atoms with Gasteiger partial charge in [-0.3, -0.25) is 0 Å². The van der Waals surface area contributed by atoms with Gasteiger partial charge in [-0.1, -0.05) is 30.3 Å². The Morgan fingerprint density at radius 3 is 2.45 bits per heavy atom. The first-order chi connectivity index (χ1) is 10.8. The molecule has 1 heterocycles. The molecular weight excluding hydrogens is 277 g/mol. The predicted octanol–water partition coefficient (Wildman–Crippen LogP) is 4.29. The summed E-state index contributed by atoms with van der Waals surface area (Å²) in [7, 11) is 1.49. The number of piperidine rings is 1. The Hall–Kier alpha value is -2.03. The summed E-state index contributed by atoms with van der Waals surface area (Å²) in [5.74, 6) is 0.746. The molecule has 1 saturated heterocycles. The molecule has 0 radical (unpaired) electrons. The Balaban J connectivity index is 1.58. The van der Waals surface area contributed by atoms with Crippen LogP contribution in [0.15, 0.2) is 48.5 Å². The zero-order valence-electron chi connectivity index (χ0n) is 13.0. The molecular formula is C19H22FNO. The number of benzene rings is 2. The number of hydrogen-bond donors (Lipinski definition) is 0. The lowest BCUT2D eigenvalue weighted by atomic mass is 9.90. The van der Waals surface area contributed by atoms with E-state index in [4.69, 9.17) is 4.74 Å². The SMILES string of the molecule is COc1ccc(N2CCC(Cc3ccccc3)CC2)cc1F. The number of methoxy groups -OCH3 is 1. The van der Waals surface area contributed by atoms with Gasteiger partial charge in [-0.2, -0.15) is 0 Å².